The van der Waals surface area contributed by atoms with Crippen LogP contribution in [0.5, 0.6) is 0 Å². The summed E-state index contributed by atoms with van der Waals surface area (Å²) in [5.74, 6) is 1.67. The van der Waals surface area contributed by atoms with Crippen LogP contribution in [-0.2, 0) is 4.74 Å². The van der Waals surface area contributed by atoms with Gasteiger partial charge in [-0.05, 0) is 49.9 Å². The van der Waals surface area contributed by atoms with Crippen LogP contribution in [0, 0.1) is 16.7 Å². The molecule has 0 radical (unpaired) electrons. The standard InChI is InChI=1S/C19H36O/c1-9-19(12-10-11-13-19)20-16(4)18(8,14-15(2)3)17(5,6)7/h15H,4,9-14H2,1-3,5-8H3. The second kappa shape index (κ2) is 6.12. The van der Waals surface area contributed by atoms with E-state index in [1.807, 2.05) is 0 Å². The Bertz CT molecular complexity index is 328. The maximum atomic E-state index is 6.55. The van der Waals surface area contributed by atoms with Crippen LogP contribution in [0.25, 0.3) is 0 Å². The van der Waals surface area contributed by atoms with Crippen LogP contribution in [0.4, 0.5) is 0 Å². The van der Waals surface area contributed by atoms with Crippen molar-refractivity contribution in [1.82, 2.24) is 0 Å². The van der Waals surface area contributed by atoms with Gasteiger partial charge in [0.1, 0.15) is 5.60 Å². The van der Waals surface area contributed by atoms with Crippen molar-refractivity contribution in [2.24, 2.45) is 16.7 Å². The van der Waals surface area contributed by atoms with E-state index in [0.717, 1.165) is 18.6 Å². The van der Waals surface area contributed by atoms with E-state index in [9.17, 15) is 0 Å². The zero-order chi connectivity index (χ0) is 15.6. The molecule has 0 amide bonds. The Labute approximate surface area is 127 Å². The van der Waals surface area contributed by atoms with E-state index in [0.29, 0.717) is 5.92 Å². The molecule has 0 saturated heterocycles. The molecule has 0 aromatic rings. The Morgan fingerprint density at radius 1 is 1.15 bits per heavy atom. The van der Waals surface area contributed by atoms with Crippen molar-refractivity contribution >= 4 is 0 Å². The topological polar surface area (TPSA) is 9.23 Å². The Kier molecular flexibility index (Phi) is 5.38. The number of hydrogen-bond acceptors (Lipinski definition) is 1. The van der Waals surface area contributed by atoms with E-state index in [2.05, 4.69) is 55.0 Å². The fourth-order valence-corrected chi connectivity index (χ4v) is 3.58. The number of rotatable bonds is 6. The molecule has 118 valence electrons. The smallest absolute Gasteiger partial charge is 0.108 e. The van der Waals surface area contributed by atoms with Crippen molar-refractivity contribution in [3.8, 4) is 0 Å². The maximum absolute atomic E-state index is 6.55. The lowest BCUT2D eigenvalue weighted by atomic mass is 9.63. The Balaban J connectivity index is 2.94. The molecule has 1 unspecified atom stereocenters. The van der Waals surface area contributed by atoms with Gasteiger partial charge in [0, 0.05) is 5.41 Å². The van der Waals surface area contributed by atoms with E-state index in [1.54, 1.807) is 0 Å². The minimum absolute atomic E-state index is 0.0337. The Morgan fingerprint density at radius 2 is 1.65 bits per heavy atom. The molecule has 20 heavy (non-hydrogen) atoms. The molecule has 1 aliphatic rings. The van der Waals surface area contributed by atoms with Crippen LogP contribution in [0.3, 0.4) is 0 Å². The lowest BCUT2D eigenvalue weighted by Gasteiger charge is -2.46. The van der Waals surface area contributed by atoms with Gasteiger partial charge in [-0.2, -0.15) is 0 Å². The van der Waals surface area contributed by atoms with Crippen LogP contribution in [0.2, 0.25) is 0 Å². The van der Waals surface area contributed by atoms with Gasteiger partial charge in [0.05, 0.1) is 5.76 Å². The highest BCUT2D eigenvalue weighted by Gasteiger charge is 2.45. The van der Waals surface area contributed by atoms with Gasteiger partial charge in [-0.25, -0.2) is 0 Å². The van der Waals surface area contributed by atoms with Crippen molar-refractivity contribution in [1.29, 1.82) is 0 Å². The van der Waals surface area contributed by atoms with Crippen LogP contribution < -0.4 is 0 Å². The monoisotopic (exact) mass is 280 g/mol. The predicted octanol–water partition coefficient (Wildman–Crippen LogP) is 6.34. The van der Waals surface area contributed by atoms with Gasteiger partial charge in [0.2, 0.25) is 0 Å². The number of ether oxygens (including phenoxy) is 1. The van der Waals surface area contributed by atoms with Crippen LogP contribution in [0.15, 0.2) is 12.3 Å². The molecule has 1 atom stereocenters. The van der Waals surface area contributed by atoms with E-state index in [1.165, 1.54) is 25.7 Å². The normalized spacial score (nSPS) is 21.8. The second-order valence-corrected chi connectivity index (χ2v) is 8.45. The quantitative estimate of drug-likeness (QED) is 0.516. The van der Waals surface area contributed by atoms with Crippen molar-refractivity contribution in [3.05, 3.63) is 12.3 Å². The van der Waals surface area contributed by atoms with Gasteiger partial charge < -0.3 is 4.74 Å². The molecule has 1 saturated carbocycles. The zero-order valence-electron chi connectivity index (χ0n) is 14.9. The molecule has 1 aliphatic carbocycles. The SMILES string of the molecule is C=C(OC1(CC)CCCC1)C(C)(CC(C)C)C(C)(C)C. The molecule has 1 fully saturated rings. The molecule has 0 heterocycles. The predicted molar refractivity (Wildman–Crippen MR) is 88.7 cm³/mol. The fourth-order valence-electron chi connectivity index (χ4n) is 3.58. The maximum Gasteiger partial charge on any atom is 0.108 e. The van der Waals surface area contributed by atoms with Gasteiger partial charge >= 0.3 is 0 Å². The largest absolute Gasteiger partial charge is 0.492 e. The third kappa shape index (κ3) is 3.59. The van der Waals surface area contributed by atoms with E-state index >= 15 is 0 Å². The Morgan fingerprint density at radius 3 is 2.00 bits per heavy atom. The van der Waals surface area contributed by atoms with E-state index < -0.39 is 0 Å². The van der Waals surface area contributed by atoms with Crippen molar-refractivity contribution in [2.75, 3.05) is 0 Å². The van der Waals surface area contributed by atoms with Crippen molar-refractivity contribution in [3.63, 3.8) is 0 Å². The first-order valence-corrected chi connectivity index (χ1v) is 8.45. The molecular weight excluding hydrogens is 244 g/mol. The summed E-state index contributed by atoms with van der Waals surface area (Å²) in [7, 11) is 0. The summed E-state index contributed by atoms with van der Waals surface area (Å²) in [5, 5.41) is 0. The minimum atomic E-state index is 0.0337. The summed E-state index contributed by atoms with van der Waals surface area (Å²) in [6.07, 6.45) is 7.24. The molecular formula is C19H36O. The first-order chi connectivity index (χ1) is 9.06. The zero-order valence-corrected chi connectivity index (χ0v) is 14.9. The van der Waals surface area contributed by atoms with Gasteiger partial charge in [-0.15, -0.1) is 0 Å². The van der Waals surface area contributed by atoms with Gasteiger partial charge in [-0.1, -0.05) is 55.0 Å². The highest BCUT2D eigenvalue weighted by atomic mass is 16.5. The average molecular weight is 280 g/mol. The first kappa shape index (κ1) is 17.6. The summed E-state index contributed by atoms with van der Waals surface area (Å²) >= 11 is 0. The third-order valence-electron chi connectivity index (χ3n) is 5.59. The average Bonchev–Trinajstić information content (AvgIpc) is 2.75. The Hall–Kier alpha value is -0.460. The van der Waals surface area contributed by atoms with Crippen molar-refractivity contribution < 1.29 is 4.74 Å². The van der Waals surface area contributed by atoms with Gasteiger partial charge in [0.15, 0.2) is 0 Å². The molecule has 0 aromatic heterocycles. The summed E-state index contributed by atoms with van der Waals surface area (Å²) < 4.78 is 6.55. The third-order valence-corrected chi connectivity index (χ3v) is 5.59. The van der Waals surface area contributed by atoms with E-state index in [-0.39, 0.29) is 16.4 Å². The second-order valence-electron chi connectivity index (χ2n) is 8.45. The molecule has 0 N–H and O–H groups in total. The van der Waals surface area contributed by atoms with E-state index in [4.69, 9.17) is 4.74 Å². The molecule has 1 heteroatoms. The molecule has 0 bridgehead atoms. The molecule has 0 aliphatic heterocycles. The summed E-state index contributed by atoms with van der Waals surface area (Å²) in [5.41, 5.74) is 0.272. The number of allylic oxidation sites excluding steroid dienone is 1. The minimum Gasteiger partial charge on any atom is -0.492 e. The van der Waals surface area contributed by atoms with Crippen molar-refractivity contribution in [2.45, 2.75) is 92.6 Å². The lowest BCUT2D eigenvalue weighted by molar-refractivity contribution is -0.0542. The molecule has 1 rings (SSSR count). The lowest BCUT2D eigenvalue weighted by Crippen LogP contribution is -2.40. The highest BCUT2D eigenvalue weighted by molar-refractivity contribution is 5.09. The fraction of sp³-hybridized carbons (Fsp3) is 0.895. The first-order valence-electron chi connectivity index (χ1n) is 8.45. The molecule has 0 aromatic carbocycles. The van der Waals surface area contributed by atoms with Crippen LogP contribution in [-0.4, -0.2) is 5.60 Å². The summed E-state index contributed by atoms with van der Waals surface area (Å²) in [6.45, 7) is 20.5. The number of hydrogen-bond donors (Lipinski definition) is 0. The van der Waals surface area contributed by atoms with Crippen LogP contribution >= 0.6 is 0 Å². The van der Waals surface area contributed by atoms with Crippen LogP contribution in [0.1, 0.15) is 87.0 Å². The summed E-state index contributed by atoms with van der Waals surface area (Å²) in [4.78, 5) is 0. The summed E-state index contributed by atoms with van der Waals surface area (Å²) in [6, 6.07) is 0. The highest BCUT2D eigenvalue weighted by Crippen LogP contribution is 2.51. The van der Waals surface area contributed by atoms with Gasteiger partial charge in [-0.3, -0.25) is 0 Å². The molecule has 0 spiro atoms. The molecule has 1 nitrogen and oxygen atoms in total. The van der Waals surface area contributed by atoms with Gasteiger partial charge in [0.25, 0.3) is 0 Å².